The third-order valence-electron chi connectivity index (χ3n) is 9.00. The van der Waals surface area contributed by atoms with Crippen molar-refractivity contribution in [2.24, 2.45) is 5.92 Å². The number of hydrogen-bond acceptors (Lipinski definition) is 8. The summed E-state index contributed by atoms with van der Waals surface area (Å²) in [7, 11) is 3.03. The number of methoxy groups -OCH3 is 2. The van der Waals surface area contributed by atoms with Crippen LogP contribution >= 0.6 is 0 Å². The largest absolute Gasteiger partial charge is 0.497 e. The van der Waals surface area contributed by atoms with Crippen molar-refractivity contribution >= 4 is 34.2 Å². The Morgan fingerprint density at radius 2 is 1.77 bits per heavy atom. The summed E-state index contributed by atoms with van der Waals surface area (Å²) in [5.41, 5.74) is 0.985. The van der Waals surface area contributed by atoms with Crippen molar-refractivity contribution in [2.75, 3.05) is 68.7 Å². The van der Waals surface area contributed by atoms with Crippen molar-refractivity contribution in [3.8, 4) is 11.5 Å². The molecule has 3 heterocycles. The van der Waals surface area contributed by atoms with E-state index in [1.807, 2.05) is 16.0 Å². The molecule has 3 amide bonds. The summed E-state index contributed by atoms with van der Waals surface area (Å²) in [5, 5.41) is 8.51. The average molecular weight is 658 g/mol. The molecule has 0 radical (unpaired) electrons. The van der Waals surface area contributed by atoms with Crippen LogP contribution in [0.1, 0.15) is 31.6 Å². The molecule has 12 nitrogen and oxygen atoms in total. The maximum atomic E-state index is 14.3. The van der Waals surface area contributed by atoms with Crippen molar-refractivity contribution in [3.05, 3.63) is 88.7 Å². The number of carbonyl (C=O) groups is 2. The van der Waals surface area contributed by atoms with E-state index in [2.05, 4.69) is 10.6 Å². The number of ether oxygens (including phenoxy) is 2. The van der Waals surface area contributed by atoms with Crippen molar-refractivity contribution in [1.82, 2.24) is 19.9 Å². The second-order valence-corrected chi connectivity index (χ2v) is 11.9. The van der Waals surface area contributed by atoms with Gasteiger partial charge in [-0.15, -0.1) is 0 Å². The van der Waals surface area contributed by atoms with E-state index in [4.69, 9.17) is 14.5 Å². The molecule has 2 aliphatic rings. The zero-order chi connectivity index (χ0) is 33.8. The third kappa shape index (κ3) is 6.63. The maximum Gasteiger partial charge on any atom is 0.327 e. The lowest BCUT2D eigenvalue weighted by atomic mass is 9.98. The molecule has 3 aromatic carbocycles. The van der Waals surface area contributed by atoms with E-state index < -0.39 is 17.9 Å². The zero-order valence-corrected chi connectivity index (χ0v) is 27.3. The van der Waals surface area contributed by atoms with Crippen molar-refractivity contribution < 1.29 is 23.5 Å². The Morgan fingerprint density at radius 1 is 1.02 bits per heavy atom. The molecule has 0 spiro atoms. The first-order valence-corrected chi connectivity index (χ1v) is 16.1. The number of piperidine rings is 1. The average Bonchev–Trinajstić information content (AvgIpc) is 3.13. The van der Waals surface area contributed by atoms with Gasteiger partial charge in [0, 0.05) is 31.4 Å². The maximum absolute atomic E-state index is 14.3. The Kier molecular flexibility index (Phi) is 9.76. The number of nitrogens with one attached hydrogen (secondary N) is 2. The first-order chi connectivity index (χ1) is 23.3. The highest BCUT2D eigenvalue weighted by molar-refractivity contribution is 6.03. The quantitative estimate of drug-likeness (QED) is 0.290. The normalized spacial score (nSPS) is 17.1. The Labute approximate surface area is 278 Å². The lowest BCUT2D eigenvalue weighted by Gasteiger charge is -2.40. The van der Waals surface area contributed by atoms with Crippen LogP contribution in [0.25, 0.3) is 10.9 Å². The van der Waals surface area contributed by atoms with Gasteiger partial charge in [-0.1, -0.05) is 12.1 Å². The van der Waals surface area contributed by atoms with Gasteiger partial charge in [-0.25, -0.2) is 18.8 Å². The van der Waals surface area contributed by atoms with Crippen LogP contribution in [0.3, 0.4) is 0 Å². The van der Waals surface area contributed by atoms with Gasteiger partial charge in [0.25, 0.3) is 5.56 Å². The number of urea groups is 1. The summed E-state index contributed by atoms with van der Waals surface area (Å²) < 4.78 is 26.3. The lowest BCUT2D eigenvalue weighted by Crippen LogP contribution is -2.58. The van der Waals surface area contributed by atoms with Crippen LogP contribution in [0.5, 0.6) is 11.5 Å². The molecule has 2 N–H and O–H groups in total. The molecule has 2 atom stereocenters. The Balaban J connectivity index is 1.40. The van der Waals surface area contributed by atoms with Gasteiger partial charge in [0.05, 0.1) is 55.9 Å². The number of anilines is 2. The molecule has 0 bridgehead atoms. The number of hydrogen-bond donors (Lipinski definition) is 2. The predicted molar refractivity (Wildman–Crippen MR) is 182 cm³/mol. The highest BCUT2D eigenvalue weighted by atomic mass is 19.1. The summed E-state index contributed by atoms with van der Waals surface area (Å²) >= 11 is 0. The van der Waals surface area contributed by atoms with E-state index in [0.717, 1.165) is 19.4 Å². The summed E-state index contributed by atoms with van der Waals surface area (Å²) in [6.45, 7) is 5.10. The Hall–Kier alpha value is -5.17. The number of aromatic nitrogens is 2. The van der Waals surface area contributed by atoms with Gasteiger partial charge in [-0.05, 0) is 74.8 Å². The number of fused-ring (bicyclic) bond motifs is 1. The Morgan fingerprint density at radius 3 is 2.46 bits per heavy atom. The van der Waals surface area contributed by atoms with Crippen LogP contribution in [0.2, 0.25) is 0 Å². The van der Waals surface area contributed by atoms with Crippen LogP contribution in [-0.4, -0.2) is 80.0 Å². The van der Waals surface area contributed by atoms with Crippen LogP contribution in [0.4, 0.5) is 20.6 Å². The third-order valence-corrected chi connectivity index (χ3v) is 9.00. The second kappa shape index (κ2) is 14.3. The summed E-state index contributed by atoms with van der Waals surface area (Å²) in [6, 6.07) is 16.3. The minimum Gasteiger partial charge on any atom is -0.497 e. The molecule has 6 rings (SSSR count). The zero-order valence-electron chi connectivity index (χ0n) is 27.3. The van der Waals surface area contributed by atoms with Gasteiger partial charge in [0.2, 0.25) is 5.91 Å². The summed E-state index contributed by atoms with van der Waals surface area (Å²) in [6.07, 6.45) is 1.84. The number of rotatable bonds is 8. The topological polar surface area (TPSA) is 121 Å². The Bertz CT molecular complexity index is 1840. The number of amides is 3. The van der Waals surface area contributed by atoms with Crippen molar-refractivity contribution in [3.63, 3.8) is 0 Å². The molecule has 1 aromatic heterocycles. The molecule has 2 unspecified atom stereocenters. The van der Waals surface area contributed by atoms with E-state index in [1.165, 1.54) is 43.4 Å². The number of carbonyl (C=O) groups excluding carboxylic acids is 2. The van der Waals surface area contributed by atoms with Gasteiger partial charge < -0.3 is 30.0 Å². The van der Waals surface area contributed by atoms with Crippen LogP contribution in [0, 0.1) is 11.7 Å². The van der Waals surface area contributed by atoms with Crippen LogP contribution < -0.4 is 35.6 Å². The first-order valence-electron chi connectivity index (χ1n) is 16.1. The molecule has 0 aliphatic carbocycles. The minimum absolute atomic E-state index is 0.0430. The molecular formula is C35H40FN7O5. The fourth-order valence-corrected chi connectivity index (χ4v) is 6.43. The molecule has 252 valence electrons. The van der Waals surface area contributed by atoms with E-state index in [-0.39, 0.29) is 17.4 Å². The molecule has 2 fully saturated rings. The number of benzene rings is 3. The molecule has 0 saturated carbocycles. The molecule has 4 aromatic rings. The van der Waals surface area contributed by atoms with E-state index in [1.54, 1.807) is 48.0 Å². The van der Waals surface area contributed by atoms with Gasteiger partial charge in [0.1, 0.15) is 17.3 Å². The lowest BCUT2D eigenvalue weighted by molar-refractivity contribution is -0.136. The van der Waals surface area contributed by atoms with E-state index in [0.29, 0.717) is 72.3 Å². The second-order valence-electron chi connectivity index (χ2n) is 11.9. The van der Waals surface area contributed by atoms with Crippen molar-refractivity contribution in [1.29, 1.82) is 0 Å². The minimum atomic E-state index is -0.821. The van der Waals surface area contributed by atoms with Gasteiger partial charge in [-0.2, -0.15) is 0 Å². The van der Waals surface area contributed by atoms with E-state index >= 15 is 0 Å². The smallest absolute Gasteiger partial charge is 0.327 e. The standard InChI is InChI=1S/C35H40FN7O5/c1-23(42(30-15-14-27(47-2)21-31(30)48-3)35(46)38-26-12-10-25(36)11-13-26)32-39-29-9-5-4-8-28(29)34(45)43(32)41-19-17-40(18-20-41)33(44)24-7-6-16-37-22-24/h4-5,8-15,21,23-24,37H,6-7,16-20,22H2,1-3H3,(H,38,46). The van der Waals surface area contributed by atoms with Crippen molar-refractivity contribution in [2.45, 2.75) is 25.8 Å². The molecule has 13 heteroatoms. The first kappa shape index (κ1) is 32.8. The van der Waals surface area contributed by atoms with Crippen LogP contribution in [-0.2, 0) is 4.79 Å². The molecule has 2 aliphatic heterocycles. The summed E-state index contributed by atoms with van der Waals surface area (Å²) in [5.74, 6) is 0.862. The van der Waals surface area contributed by atoms with Gasteiger partial charge >= 0.3 is 6.03 Å². The highest BCUT2D eigenvalue weighted by Gasteiger charge is 2.34. The number of piperazine rings is 1. The number of para-hydroxylation sites is 1. The van der Waals surface area contributed by atoms with E-state index in [9.17, 15) is 18.8 Å². The molecular weight excluding hydrogens is 617 g/mol. The van der Waals surface area contributed by atoms with Gasteiger partial charge in [0.15, 0.2) is 5.82 Å². The van der Waals surface area contributed by atoms with Crippen LogP contribution in [0.15, 0.2) is 71.5 Å². The number of nitrogens with zero attached hydrogens (tertiary/aromatic N) is 5. The monoisotopic (exact) mass is 657 g/mol. The fraction of sp³-hybridized carbons (Fsp3) is 0.371. The molecule has 48 heavy (non-hydrogen) atoms. The number of halogens is 1. The summed E-state index contributed by atoms with van der Waals surface area (Å²) in [4.78, 5) is 50.1. The fourth-order valence-electron chi connectivity index (χ4n) is 6.43. The highest BCUT2D eigenvalue weighted by Crippen LogP contribution is 2.37. The van der Waals surface area contributed by atoms with Gasteiger partial charge in [-0.3, -0.25) is 14.5 Å². The molecule has 2 saturated heterocycles. The SMILES string of the molecule is COc1ccc(N(C(=O)Nc2ccc(F)cc2)C(C)c2nc3ccccc3c(=O)n2N2CCN(C(=O)C3CCCNC3)CC2)c(OC)c1. The predicted octanol–water partition coefficient (Wildman–Crippen LogP) is 4.13.